The molecule has 2 nitrogen and oxygen atoms in total. The summed E-state index contributed by atoms with van der Waals surface area (Å²) in [6, 6.07) is 8.43. The van der Waals surface area contributed by atoms with Gasteiger partial charge in [0.2, 0.25) is 0 Å². The second-order valence-electron chi connectivity index (χ2n) is 4.12. The van der Waals surface area contributed by atoms with Crippen LogP contribution in [0.3, 0.4) is 0 Å². The smallest absolute Gasteiger partial charge is 0.178 e. The Morgan fingerprint density at radius 3 is 2.59 bits per heavy atom. The normalized spacial score (nSPS) is 12.4. The van der Waals surface area contributed by atoms with E-state index in [4.69, 9.17) is 0 Å². The van der Waals surface area contributed by atoms with E-state index in [2.05, 4.69) is 43.1 Å². The van der Waals surface area contributed by atoms with Crippen molar-refractivity contribution in [1.82, 2.24) is 4.98 Å². The average Bonchev–Trinajstić information content (AvgIpc) is 2.87. The Kier molecular flexibility index (Phi) is 3.69. The highest BCUT2D eigenvalue weighted by molar-refractivity contribution is 7.11. The standard InChI is InChI=1S/C14H15NOS/c1-3-10(2)11-4-6-12(7-5-11)13-9-17-14(8-16)15-13/h4-10H,3H2,1-2H3. The van der Waals surface area contributed by atoms with E-state index >= 15 is 0 Å². The quantitative estimate of drug-likeness (QED) is 0.758. The topological polar surface area (TPSA) is 30.0 Å². The fraction of sp³-hybridized carbons (Fsp3) is 0.286. The lowest BCUT2D eigenvalue weighted by Gasteiger charge is -2.08. The van der Waals surface area contributed by atoms with Crippen LogP contribution < -0.4 is 0 Å². The van der Waals surface area contributed by atoms with Gasteiger partial charge in [-0.2, -0.15) is 0 Å². The maximum atomic E-state index is 10.6. The van der Waals surface area contributed by atoms with Crippen molar-refractivity contribution in [3.63, 3.8) is 0 Å². The van der Waals surface area contributed by atoms with Gasteiger partial charge in [-0.1, -0.05) is 38.1 Å². The third kappa shape index (κ3) is 2.61. The number of carbonyl (C=O) groups excluding carboxylic acids is 1. The molecule has 0 aliphatic heterocycles. The number of nitrogens with zero attached hydrogens (tertiary/aromatic N) is 1. The summed E-state index contributed by atoms with van der Waals surface area (Å²) in [5.74, 6) is 0.588. The van der Waals surface area contributed by atoms with E-state index in [0.717, 1.165) is 24.0 Å². The Morgan fingerprint density at radius 1 is 1.35 bits per heavy atom. The van der Waals surface area contributed by atoms with Crippen LogP contribution in [0.15, 0.2) is 29.6 Å². The summed E-state index contributed by atoms with van der Waals surface area (Å²) < 4.78 is 0. The SMILES string of the molecule is CCC(C)c1ccc(-c2csc(C=O)n2)cc1. The Labute approximate surface area is 105 Å². The van der Waals surface area contributed by atoms with E-state index in [-0.39, 0.29) is 0 Å². The van der Waals surface area contributed by atoms with Crippen LogP contribution in [0.2, 0.25) is 0 Å². The van der Waals surface area contributed by atoms with Crippen molar-refractivity contribution in [1.29, 1.82) is 0 Å². The van der Waals surface area contributed by atoms with Crippen molar-refractivity contribution in [2.45, 2.75) is 26.2 Å². The van der Waals surface area contributed by atoms with Crippen molar-refractivity contribution >= 4 is 17.6 Å². The van der Waals surface area contributed by atoms with Gasteiger partial charge >= 0.3 is 0 Å². The Hall–Kier alpha value is -1.48. The summed E-state index contributed by atoms with van der Waals surface area (Å²) in [6.07, 6.45) is 1.94. The summed E-state index contributed by atoms with van der Waals surface area (Å²) >= 11 is 1.38. The number of hydrogen-bond donors (Lipinski definition) is 0. The molecule has 1 heterocycles. The monoisotopic (exact) mass is 245 g/mol. The minimum absolute atomic E-state index is 0.533. The minimum Gasteiger partial charge on any atom is -0.295 e. The van der Waals surface area contributed by atoms with E-state index in [9.17, 15) is 4.79 Å². The number of rotatable bonds is 4. The molecule has 1 atom stereocenters. The molecule has 88 valence electrons. The van der Waals surface area contributed by atoms with Gasteiger partial charge in [-0.25, -0.2) is 4.98 Å². The molecule has 0 saturated heterocycles. The Bertz CT molecular complexity index is 501. The van der Waals surface area contributed by atoms with Gasteiger partial charge in [-0.15, -0.1) is 11.3 Å². The Balaban J connectivity index is 2.25. The third-order valence-electron chi connectivity index (χ3n) is 3.01. The largest absolute Gasteiger partial charge is 0.295 e. The molecule has 0 aliphatic rings. The van der Waals surface area contributed by atoms with Crippen LogP contribution >= 0.6 is 11.3 Å². The first-order valence-corrected chi connectivity index (χ1v) is 6.63. The van der Waals surface area contributed by atoms with Gasteiger partial charge in [0, 0.05) is 10.9 Å². The molecule has 3 heteroatoms. The summed E-state index contributed by atoms with van der Waals surface area (Å²) in [5.41, 5.74) is 3.30. The van der Waals surface area contributed by atoms with Crippen LogP contribution in [0.25, 0.3) is 11.3 Å². The molecule has 2 rings (SSSR count). The van der Waals surface area contributed by atoms with Crippen molar-refractivity contribution in [2.75, 3.05) is 0 Å². The van der Waals surface area contributed by atoms with Crippen molar-refractivity contribution in [3.05, 3.63) is 40.2 Å². The van der Waals surface area contributed by atoms with E-state index < -0.39 is 0 Å². The number of aromatic nitrogens is 1. The molecule has 0 radical (unpaired) electrons. The zero-order valence-electron chi connectivity index (χ0n) is 10.0. The molecule has 1 aromatic carbocycles. The molecule has 0 N–H and O–H groups in total. The number of carbonyl (C=O) groups is 1. The molecule has 1 aromatic heterocycles. The molecule has 0 spiro atoms. The molecule has 0 bridgehead atoms. The van der Waals surface area contributed by atoms with Crippen molar-refractivity contribution in [3.8, 4) is 11.3 Å². The third-order valence-corrected chi connectivity index (χ3v) is 3.78. The molecule has 0 aliphatic carbocycles. The molecule has 17 heavy (non-hydrogen) atoms. The van der Waals surface area contributed by atoms with Gasteiger partial charge in [-0.3, -0.25) is 4.79 Å². The zero-order chi connectivity index (χ0) is 12.3. The summed E-state index contributed by atoms with van der Waals surface area (Å²) in [6.45, 7) is 4.41. The highest BCUT2D eigenvalue weighted by Crippen LogP contribution is 2.24. The molecule has 0 saturated carbocycles. The predicted octanol–water partition coefficient (Wildman–Crippen LogP) is 4.14. The van der Waals surface area contributed by atoms with Crippen LogP contribution in [0.4, 0.5) is 0 Å². The number of benzene rings is 1. The Morgan fingerprint density at radius 2 is 2.06 bits per heavy atom. The molecular weight excluding hydrogens is 230 g/mol. The average molecular weight is 245 g/mol. The first kappa shape index (κ1) is 12.0. The summed E-state index contributed by atoms with van der Waals surface area (Å²) in [7, 11) is 0. The highest BCUT2D eigenvalue weighted by Gasteiger charge is 2.06. The van der Waals surface area contributed by atoms with Crippen LogP contribution in [0.5, 0.6) is 0 Å². The van der Waals surface area contributed by atoms with E-state index in [1.807, 2.05) is 5.38 Å². The van der Waals surface area contributed by atoms with Gasteiger partial charge in [-0.05, 0) is 17.9 Å². The van der Waals surface area contributed by atoms with Crippen LogP contribution in [-0.2, 0) is 0 Å². The van der Waals surface area contributed by atoms with Gasteiger partial charge in [0.05, 0.1) is 5.69 Å². The lowest BCUT2D eigenvalue weighted by atomic mass is 9.97. The number of thiazole rings is 1. The van der Waals surface area contributed by atoms with Crippen LogP contribution in [0.1, 0.15) is 41.6 Å². The second-order valence-corrected chi connectivity index (χ2v) is 5.01. The fourth-order valence-corrected chi connectivity index (χ4v) is 2.32. The first-order valence-electron chi connectivity index (χ1n) is 5.75. The summed E-state index contributed by atoms with van der Waals surface area (Å²) in [5, 5.41) is 2.45. The van der Waals surface area contributed by atoms with Gasteiger partial charge in [0.25, 0.3) is 0 Å². The van der Waals surface area contributed by atoms with E-state index in [0.29, 0.717) is 10.9 Å². The van der Waals surface area contributed by atoms with E-state index in [1.165, 1.54) is 16.9 Å². The lowest BCUT2D eigenvalue weighted by molar-refractivity contribution is 0.112. The zero-order valence-corrected chi connectivity index (χ0v) is 10.8. The number of hydrogen-bond acceptors (Lipinski definition) is 3. The summed E-state index contributed by atoms with van der Waals surface area (Å²) in [4.78, 5) is 14.8. The van der Waals surface area contributed by atoms with Crippen molar-refractivity contribution < 1.29 is 4.79 Å². The maximum absolute atomic E-state index is 10.6. The van der Waals surface area contributed by atoms with Crippen molar-refractivity contribution in [2.24, 2.45) is 0 Å². The van der Waals surface area contributed by atoms with Gasteiger partial charge in [0.1, 0.15) is 0 Å². The van der Waals surface area contributed by atoms with Crippen LogP contribution in [-0.4, -0.2) is 11.3 Å². The van der Waals surface area contributed by atoms with Gasteiger partial charge in [0.15, 0.2) is 11.3 Å². The molecular formula is C14H15NOS. The fourth-order valence-electron chi connectivity index (χ4n) is 1.69. The molecule has 0 fully saturated rings. The van der Waals surface area contributed by atoms with Gasteiger partial charge < -0.3 is 0 Å². The second kappa shape index (κ2) is 5.23. The number of aldehydes is 1. The molecule has 1 unspecified atom stereocenters. The predicted molar refractivity (Wildman–Crippen MR) is 71.6 cm³/mol. The van der Waals surface area contributed by atoms with E-state index in [1.54, 1.807) is 0 Å². The first-order chi connectivity index (χ1) is 8.24. The molecule has 0 amide bonds. The molecule has 2 aromatic rings. The lowest BCUT2D eigenvalue weighted by Crippen LogP contribution is -1.90. The maximum Gasteiger partial charge on any atom is 0.178 e. The minimum atomic E-state index is 0.533. The highest BCUT2D eigenvalue weighted by atomic mass is 32.1. The van der Waals surface area contributed by atoms with Crippen LogP contribution in [0, 0.1) is 0 Å².